The van der Waals surface area contributed by atoms with E-state index in [-0.39, 0.29) is 31.2 Å². The standard InChI is InChI=1S/C22H14Cl5N3O4/c23-7-1-10-17(11(26)2-7)28-21(34)22(10)16-15(13-5-9(25)6-29(13)22)19(32)30(20(16)33)14-4-8(24)3-12(27)18(14)31/h1-4,9,13,15-16,31H,5-6H2,(H,28,34)/t9-,13?,15?,16?,22?/m0/s1. The predicted octanol–water partition coefficient (Wildman–Crippen LogP) is 4.65. The number of halogens is 5. The number of benzene rings is 2. The van der Waals surface area contributed by atoms with Crippen molar-refractivity contribution in [1.29, 1.82) is 0 Å². The normalized spacial score (nSPS) is 31.9. The van der Waals surface area contributed by atoms with Crippen molar-refractivity contribution in [2.24, 2.45) is 11.8 Å². The Hall–Kier alpha value is -1.74. The van der Waals surface area contributed by atoms with E-state index in [0.29, 0.717) is 24.2 Å². The van der Waals surface area contributed by atoms with Gasteiger partial charge in [-0.25, -0.2) is 4.90 Å². The van der Waals surface area contributed by atoms with Crippen molar-refractivity contribution in [3.8, 4) is 5.75 Å². The molecule has 4 aliphatic heterocycles. The zero-order valence-corrected chi connectivity index (χ0v) is 20.8. The van der Waals surface area contributed by atoms with E-state index in [1.807, 2.05) is 4.90 Å². The quantitative estimate of drug-likeness (QED) is 0.391. The SMILES string of the molecule is O=C1C2C3C[C@H](Cl)CN3C3(C(=O)Nc4c(Cl)cc(Cl)cc43)C2C(=O)N1c1cc(Cl)cc(Cl)c1O. The second-order valence-electron chi connectivity index (χ2n) is 8.85. The molecule has 3 amide bonds. The summed E-state index contributed by atoms with van der Waals surface area (Å²) in [7, 11) is 0. The lowest BCUT2D eigenvalue weighted by molar-refractivity contribution is -0.135. The van der Waals surface area contributed by atoms with Crippen LogP contribution in [0.4, 0.5) is 11.4 Å². The molecule has 0 radical (unpaired) electrons. The van der Waals surface area contributed by atoms with E-state index in [9.17, 15) is 19.5 Å². The van der Waals surface area contributed by atoms with Crippen LogP contribution in [0.25, 0.3) is 0 Å². The van der Waals surface area contributed by atoms with Crippen LogP contribution in [-0.4, -0.2) is 45.7 Å². The summed E-state index contributed by atoms with van der Waals surface area (Å²) in [5.41, 5.74) is -0.898. The Morgan fingerprint density at radius 3 is 2.38 bits per heavy atom. The maximum atomic E-state index is 14.0. The van der Waals surface area contributed by atoms with E-state index in [0.717, 1.165) is 4.90 Å². The van der Waals surface area contributed by atoms with Crippen molar-refractivity contribution >= 4 is 87.1 Å². The number of carbonyl (C=O) groups excluding carboxylic acids is 3. The lowest BCUT2D eigenvalue weighted by Crippen LogP contribution is -2.54. The first-order valence-electron chi connectivity index (χ1n) is 10.3. The van der Waals surface area contributed by atoms with Crippen LogP contribution in [0, 0.1) is 11.8 Å². The fraction of sp³-hybridized carbons (Fsp3) is 0.318. The number of amides is 3. The molecule has 6 rings (SSSR count). The zero-order chi connectivity index (χ0) is 24.3. The monoisotopic (exact) mass is 559 g/mol. The summed E-state index contributed by atoms with van der Waals surface area (Å²) >= 11 is 31.4. The van der Waals surface area contributed by atoms with Gasteiger partial charge in [0.25, 0.3) is 5.91 Å². The number of hydrogen-bond donors (Lipinski definition) is 2. The molecule has 3 saturated heterocycles. The van der Waals surface area contributed by atoms with Gasteiger partial charge in [-0.05, 0) is 30.7 Å². The molecule has 7 nitrogen and oxygen atoms in total. The molecule has 4 unspecified atom stereocenters. The molecule has 0 saturated carbocycles. The van der Waals surface area contributed by atoms with Crippen molar-refractivity contribution in [2.45, 2.75) is 23.4 Å². The van der Waals surface area contributed by atoms with Gasteiger partial charge in [-0.1, -0.05) is 46.4 Å². The number of anilines is 2. The van der Waals surface area contributed by atoms with Gasteiger partial charge in [0.15, 0.2) is 5.75 Å². The second kappa shape index (κ2) is 7.38. The summed E-state index contributed by atoms with van der Waals surface area (Å²) in [6.45, 7) is 0.297. The number of fused-ring (bicyclic) bond motifs is 7. The smallest absolute Gasteiger partial charge is 0.250 e. The number of phenolic OH excluding ortho intramolecular Hbond substituents is 1. The first-order valence-corrected chi connectivity index (χ1v) is 12.3. The fourth-order valence-electron chi connectivity index (χ4n) is 6.14. The molecule has 4 aliphatic rings. The molecule has 3 fully saturated rings. The lowest BCUT2D eigenvalue weighted by atomic mass is 9.75. The van der Waals surface area contributed by atoms with Crippen molar-refractivity contribution in [3.63, 3.8) is 0 Å². The molecule has 1 spiro atoms. The molecular weight excluding hydrogens is 548 g/mol. The van der Waals surface area contributed by atoms with Gasteiger partial charge in [0.05, 0.1) is 33.3 Å². The molecule has 176 valence electrons. The number of rotatable bonds is 1. The zero-order valence-electron chi connectivity index (χ0n) is 17.0. The van der Waals surface area contributed by atoms with Gasteiger partial charge in [0.2, 0.25) is 11.8 Å². The van der Waals surface area contributed by atoms with Crippen LogP contribution in [-0.2, 0) is 19.9 Å². The van der Waals surface area contributed by atoms with Crippen LogP contribution in [0.3, 0.4) is 0 Å². The van der Waals surface area contributed by atoms with Crippen LogP contribution in [0.5, 0.6) is 5.75 Å². The van der Waals surface area contributed by atoms with Gasteiger partial charge < -0.3 is 10.4 Å². The Bertz CT molecular complexity index is 1340. The molecular formula is C22H14Cl5N3O4. The molecule has 2 N–H and O–H groups in total. The number of nitrogens with zero attached hydrogens (tertiary/aromatic N) is 2. The number of imide groups is 1. The number of carbonyl (C=O) groups is 3. The minimum atomic E-state index is -1.54. The summed E-state index contributed by atoms with van der Waals surface area (Å²) in [5, 5.41) is 13.6. The molecule has 5 atom stereocenters. The lowest BCUT2D eigenvalue weighted by Gasteiger charge is -2.36. The highest BCUT2D eigenvalue weighted by molar-refractivity contribution is 6.39. The van der Waals surface area contributed by atoms with Gasteiger partial charge in [0.1, 0.15) is 5.54 Å². The molecule has 34 heavy (non-hydrogen) atoms. The number of nitrogens with one attached hydrogen (secondary N) is 1. The Morgan fingerprint density at radius 1 is 0.971 bits per heavy atom. The highest BCUT2D eigenvalue weighted by atomic mass is 35.5. The molecule has 2 aromatic rings. The topological polar surface area (TPSA) is 90.0 Å². The van der Waals surface area contributed by atoms with Crippen LogP contribution in [0.2, 0.25) is 20.1 Å². The third kappa shape index (κ3) is 2.68. The molecule has 4 heterocycles. The predicted molar refractivity (Wildman–Crippen MR) is 129 cm³/mol. The van der Waals surface area contributed by atoms with E-state index in [1.165, 1.54) is 18.2 Å². The van der Waals surface area contributed by atoms with Gasteiger partial charge in [-0.15, -0.1) is 11.6 Å². The van der Waals surface area contributed by atoms with E-state index >= 15 is 0 Å². The third-order valence-electron chi connectivity index (χ3n) is 7.26. The maximum absolute atomic E-state index is 14.0. The number of alkyl halides is 1. The van der Waals surface area contributed by atoms with E-state index in [4.69, 9.17) is 58.0 Å². The number of aromatic hydroxyl groups is 1. The minimum absolute atomic E-state index is 0.110. The summed E-state index contributed by atoms with van der Waals surface area (Å²) in [6.07, 6.45) is 0.399. The fourth-order valence-corrected chi connectivity index (χ4v) is 7.50. The second-order valence-corrected chi connectivity index (χ2v) is 11.2. The summed E-state index contributed by atoms with van der Waals surface area (Å²) < 4.78 is 0. The Kier molecular flexibility index (Phi) is 4.93. The Balaban J connectivity index is 1.60. The van der Waals surface area contributed by atoms with Crippen LogP contribution in [0.15, 0.2) is 24.3 Å². The largest absolute Gasteiger partial charge is 0.504 e. The molecule has 12 heteroatoms. The summed E-state index contributed by atoms with van der Waals surface area (Å²) in [6, 6.07) is 5.20. The summed E-state index contributed by atoms with van der Waals surface area (Å²) in [5.74, 6) is -4.13. The molecule has 0 bridgehead atoms. The Labute approximate surface area is 218 Å². The molecule has 0 aromatic heterocycles. The average Bonchev–Trinajstić information content (AvgIpc) is 3.41. The van der Waals surface area contributed by atoms with Crippen LogP contribution < -0.4 is 10.2 Å². The average molecular weight is 562 g/mol. The highest BCUT2D eigenvalue weighted by Crippen LogP contribution is 2.62. The van der Waals surface area contributed by atoms with Gasteiger partial charge in [0, 0.05) is 33.6 Å². The van der Waals surface area contributed by atoms with E-state index < -0.39 is 46.9 Å². The van der Waals surface area contributed by atoms with Gasteiger partial charge >= 0.3 is 0 Å². The first kappa shape index (κ1) is 22.7. The summed E-state index contributed by atoms with van der Waals surface area (Å²) in [4.78, 5) is 44.2. The van der Waals surface area contributed by atoms with Crippen LogP contribution in [0.1, 0.15) is 12.0 Å². The maximum Gasteiger partial charge on any atom is 0.250 e. The van der Waals surface area contributed by atoms with Crippen molar-refractivity contribution in [2.75, 3.05) is 16.8 Å². The first-order chi connectivity index (χ1) is 16.1. The van der Waals surface area contributed by atoms with Gasteiger partial charge in [-0.2, -0.15) is 0 Å². The highest BCUT2D eigenvalue weighted by Gasteiger charge is 2.75. The Morgan fingerprint density at radius 2 is 1.65 bits per heavy atom. The van der Waals surface area contributed by atoms with Crippen LogP contribution >= 0.6 is 58.0 Å². The van der Waals surface area contributed by atoms with E-state index in [1.54, 1.807) is 6.07 Å². The van der Waals surface area contributed by atoms with Crippen molar-refractivity contribution in [3.05, 3.63) is 49.9 Å². The third-order valence-corrected chi connectivity index (χ3v) is 8.60. The van der Waals surface area contributed by atoms with E-state index in [2.05, 4.69) is 5.32 Å². The van der Waals surface area contributed by atoms with Crippen molar-refractivity contribution in [1.82, 2.24) is 4.90 Å². The minimum Gasteiger partial charge on any atom is -0.504 e. The number of phenols is 1. The molecule has 2 aromatic carbocycles. The van der Waals surface area contributed by atoms with Crippen molar-refractivity contribution < 1.29 is 19.5 Å². The van der Waals surface area contributed by atoms with Gasteiger partial charge in [-0.3, -0.25) is 19.3 Å². The molecule has 0 aliphatic carbocycles. The number of hydrogen-bond acceptors (Lipinski definition) is 5.